The molecule has 0 bridgehead atoms. The Morgan fingerprint density at radius 3 is 2.46 bits per heavy atom. The van der Waals surface area contributed by atoms with Crippen LogP contribution >= 0.6 is 0 Å². The molecule has 2 rings (SSSR count). The molecular formula is C17H20FNO4S. The summed E-state index contributed by atoms with van der Waals surface area (Å²) in [7, 11) is -2.17. The Morgan fingerprint density at radius 1 is 1.21 bits per heavy atom. The molecule has 2 aromatic carbocycles. The van der Waals surface area contributed by atoms with Crippen LogP contribution in [0.15, 0.2) is 47.4 Å². The van der Waals surface area contributed by atoms with Crippen LogP contribution in [-0.2, 0) is 10.0 Å². The fraction of sp³-hybridized carbons (Fsp3) is 0.294. The third-order valence-electron chi connectivity index (χ3n) is 3.64. The maximum atomic E-state index is 12.9. The van der Waals surface area contributed by atoms with Crippen LogP contribution in [0.3, 0.4) is 0 Å². The molecule has 5 nitrogen and oxygen atoms in total. The highest BCUT2D eigenvalue weighted by Crippen LogP contribution is 2.21. The number of rotatable bonds is 7. The molecule has 130 valence electrons. The van der Waals surface area contributed by atoms with Gasteiger partial charge in [0.25, 0.3) is 0 Å². The third-order valence-corrected chi connectivity index (χ3v) is 5.26. The zero-order valence-corrected chi connectivity index (χ0v) is 14.3. The standard InChI is InChI=1S/C17H20FNO4S/c1-12-11-15(23-2)7-8-17(12)24(21,22)19-10-9-16(20)13-3-5-14(18)6-4-13/h3-8,11,16,19-20H,9-10H2,1-2H3. The van der Waals surface area contributed by atoms with Crippen LogP contribution in [0.25, 0.3) is 0 Å². The summed E-state index contributed by atoms with van der Waals surface area (Å²) < 4.78 is 45.0. The Hall–Kier alpha value is -1.96. The van der Waals surface area contributed by atoms with Gasteiger partial charge in [0, 0.05) is 6.54 Å². The van der Waals surface area contributed by atoms with Crippen LogP contribution in [0.1, 0.15) is 23.7 Å². The summed E-state index contributed by atoms with van der Waals surface area (Å²) in [5.41, 5.74) is 1.11. The lowest BCUT2D eigenvalue weighted by Crippen LogP contribution is -2.26. The van der Waals surface area contributed by atoms with E-state index < -0.39 is 16.1 Å². The van der Waals surface area contributed by atoms with Gasteiger partial charge in [0.2, 0.25) is 10.0 Å². The second-order valence-corrected chi connectivity index (χ2v) is 7.12. The number of nitrogens with one attached hydrogen (secondary N) is 1. The molecule has 0 aliphatic rings. The van der Waals surface area contributed by atoms with Crippen molar-refractivity contribution in [2.24, 2.45) is 0 Å². The second kappa shape index (κ2) is 7.74. The topological polar surface area (TPSA) is 75.6 Å². The molecule has 0 saturated heterocycles. The SMILES string of the molecule is COc1ccc(S(=O)(=O)NCCC(O)c2ccc(F)cc2)c(C)c1. The van der Waals surface area contributed by atoms with E-state index in [9.17, 15) is 17.9 Å². The molecule has 0 aliphatic heterocycles. The Balaban J connectivity index is 1.99. The maximum absolute atomic E-state index is 12.9. The molecule has 2 N–H and O–H groups in total. The summed E-state index contributed by atoms with van der Waals surface area (Å²) in [6.07, 6.45) is -0.690. The molecule has 0 heterocycles. The Bertz CT molecular complexity index is 791. The first-order valence-electron chi connectivity index (χ1n) is 7.41. The van der Waals surface area contributed by atoms with Crippen molar-refractivity contribution in [3.63, 3.8) is 0 Å². The van der Waals surface area contributed by atoms with Gasteiger partial charge < -0.3 is 9.84 Å². The van der Waals surface area contributed by atoms with Gasteiger partial charge in [-0.1, -0.05) is 12.1 Å². The number of hydrogen-bond acceptors (Lipinski definition) is 4. The number of aryl methyl sites for hydroxylation is 1. The summed E-state index contributed by atoms with van der Waals surface area (Å²) in [6, 6.07) is 10.2. The lowest BCUT2D eigenvalue weighted by molar-refractivity contribution is 0.169. The first-order valence-corrected chi connectivity index (χ1v) is 8.89. The van der Waals surface area contributed by atoms with Crippen LogP contribution in [-0.4, -0.2) is 27.2 Å². The van der Waals surface area contributed by atoms with Gasteiger partial charge in [-0.05, 0) is 54.8 Å². The van der Waals surface area contributed by atoms with Crippen LogP contribution in [0.4, 0.5) is 4.39 Å². The minimum Gasteiger partial charge on any atom is -0.497 e. The van der Waals surface area contributed by atoms with E-state index in [1.807, 2.05) is 0 Å². The molecule has 2 aromatic rings. The fourth-order valence-corrected chi connectivity index (χ4v) is 3.58. The minimum absolute atomic E-state index is 0.0619. The van der Waals surface area contributed by atoms with Crippen molar-refractivity contribution in [1.29, 1.82) is 0 Å². The van der Waals surface area contributed by atoms with Gasteiger partial charge in [0.15, 0.2) is 0 Å². The molecule has 0 amide bonds. The van der Waals surface area contributed by atoms with Crippen LogP contribution in [0.5, 0.6) is 5.75 Å². The largest absolute Gasteiger partial charge is 0.497 e. The molecule has 0 aromatic heterocycles. The highest BCUT2D eigenvalue weighted by molar-refractivity contribution is 7.89. The fourth-order valence-electron chi connectivity index (χ4n) is 2.31. The molecule has 0 saturated carbocycles. The second-order valence-electron chi connectivity index (χ2n) is 5.39. The minimum atomic E-state index is -3.68. The van der Waals surface area contributed by atoms with Gasteiger partial charge in [0.05, 0.1) is 18.1 Å². The van der Waals surface area contributed by atoms with Crippen molar-refractivity contribution in [2.45, 2.75) is 24.3 Å². The highest BCUT2D eigenvalue weighted by atomic mass is 32.2. The normalized spacial score (nSPS) is 12.8. The molecule has 0 radical (unpaired) electrons. The van der Waals surface area contributed by atoms with E-state index in [1.54, 1.807) is 19.1 Å². The Labute approximate surface area is 141 Å². The summed E-state index contributed by atoms with van der Waals surface area (Å²) in [4.78, 5) is 0.166. The van der Waals surface area contributed by atoms with Crippen molar-refractivity contribution in [1.82, 2.24) is 4.72 Å². The van der Waals surface area contributed by atoms with Crippen molar-refractivity contribution in [2.75, 3.05) is 13.7 Å². The number of halogens is 1. The average molecular weight is 353 g/mol. The third kappa shape index (κ3) is 4.53. The van der Waals surface area contributed by atoms with E-state index in [0.717, 1.165) is 0 Å². The van der Waals surface area contributed by atoms with Gasteiger partial charge >= 0.3 is 0 Å². The molecular weight excluding hydrogens is 333 g/mol. The predicted molar refractivity (Wildman–Crippen MR) is 88.9 cm³/mol. The highest BCUT2D eigenvalue weighted by Gasteiger charge is 2.17. The summed E-state index contributed by atoms with van der Waals surface area (Å²) in [6.45, 7) is 1.75. The quantitative estimate of drug-likeness (QED) is 0.802. The number of aliphatic hydroxyl groups excluding tert-OH is 1. The molecule has 1 unspecified atom stereocenters. The number of benzene rings is 2. The number of aliphatic hydroxyl groups is 1. The number of ether oxygens (including phenoxy) is 1. The van der Waals surface area contributed by atoms with Crippen LogP contribution in [0, 0.1) is 12.7 Å². The van der Waals surface area contributed by atoms with Crippen molar-refractivity contribution in [3.05, 3.63) is 59.4 Å². The van der Waals surface area contributed by atoms with E-state index in [1.165, 1.54) is 37.4 Å². The molecule has 1 atom stereocenters. The summed E-state index contributed by atoms with van der Waals surface area (Å²) in [5.74, 6) is 0.194. The molecule has 24 heavy (non-hydrogen) atoms. The molecule has 7 heteroatoms. The van der Waals surface area contributed by atoms with Gasteiger partial charge in [0.1, 0.15) is 11.6 Å². The number of methoxy groups -OCH3 is 1. The maximum Gasteiger partial charge on any atom is 0.240 e. The predicted octanol–water partition coefficient (Wildman–Crippen LogP) is 2.54. The first kappa shape index (κ1) is 18.4. The van der Waals surface area contributed by atoms with E-state index in [2.05, 4.69) is 4.72 Å². The summed E-state index contributed by atoms with van der Waals surface area (Å²) >= 11 is 0. The Kier molecular flexibility index (Phi) is 5.93. The van der Waals surface area contributed by atoms with Gasteiger partial charge in [-0.25, -0.2) is 17.5 Å². The van der Waals surface area contributed by atoms with E-state index >= 15 is 0 Å². The van der Waals surface area contributed by atoms with E-state index in [4.69, 9.17) is 4.74 Å². The van der Waals surface area contributed by atoms with Gasteiger partial charge in [-0.2, -0.15) is 0 Å². The molecule has 0 aliphatic carbocycles. The average Bonchev–Trinajstić information content (AvgIpc) is 2.54. The van der Waals surface area contributed by atoms with Gasteiger partial charge in [-0.3, -0.25) is 0 Å². The number of sulfonamides is 1. The lowest BCUT2D eigenvalue weighted by atomic mass is 10.1. The zero-order chi connectivity index (χ0) is 17.7. The Morgan fingerprint density at radius 2 is 1.88 bits per heavy atom. The zero-order valence-electron chi connectivity index (χ0n) is 13.5. The monoisotopic (exact) mass is 353 g/mol. The smallest absolute Gasteiger partial charge is 0.240 e. The van der Waals surface area contributed by atoms with Crippen molar-refractivity contribution >= 4 is 10.0 Å². The molecule has 0 fully saturated rings. The number of hydrogen-bond donors (Lipinski definition) is 2. The molecule has 0 spiro atoms. The van der Waals surface area contributed by atoms with Crippen molar-refractivity contribution < 1.29 is 22.7 Å². The summed E-state index contributed by atoms with van der Waals surface area (Å²) in [5, 5.41) is 10.0. The van der Waals surface area contributed by atoms with E-state index in [-0.39, 0.29) is 23.7 Å². The van der Waals surface area contributed by atoms with E-state index in [0.29, 0.717) is 16.9 Å². The lowest BCUT2D eigenvalue weighted by Gasteiger charge is -2.13. The van der Waals surface area contributed by atoms with Crippen molar-refractivity contribution in [3.8, 4) is 5.75 Å². The van der Waals surface area contributed by atoms with Crippen LogP contribution < -0.4 is 9.46 Å². The first-order chi connectivity index (χ1) is 11.3. The van der Waals surface area contributed by atoms with Crippen LogP contribution in [0.2, 0.25) is 0 Å². The van der Waals surface area contributed by atoms with Gasteiger partial charge in [-0.15, -0.1) is 0 Å².